The highest BCUT2D eigenvalue weighted by Crippen LogP contribution is 2.41. The van der Waals surface area contributed by atoms with Crippen molar-refractivity contribution >= 4 is 39.1 Å². The molecule has 1 unspecified atom stereocenters. The van der Waals surface area contributed by atoms with Gasteiger partial charge >= 0.3 is 0 Å². The second kappa shape index (κ2) is 5.51. The summed E-state index contributed by atoms with van der Waals surface area (Å²) in [5, 5.41) is 0.625. The van der Waals surface area contributed by atoms with Crippen LogP contribution in [0.15, 0.2) is 0 Å². The van der Waals surface area contributed by atoms with E-state index >= 15 is 0 Å². The number of halogens is 1. The van der Waals surface area contributed by atoms with E-state index in [2.05, 4.69) is 15.9 Å². The summed E-state index contributed by atoms with van der Waals surface area (Å²) in [6.07, 6.45) is 0.160. The van der Waals surface area contributed by atoms with Gasteiger partial charge < -0.3 is 0 Å². The molecule has 1 aliphatic rings. The molecule has 0 aliphatic heterocycles. The summed E-state index contributed by atoms with van der Waals surface area (Å²) in [5.41, 5.74) is -2.56. The molecule has 1 saturated carbocycles. The Kier molecular flexibility index (Phi) is 4.74. The molecule has 0 aromatic heterocycles. The van der Waals surface area contributed by atoms with Crippen LogP contribution >= 0.6 is 15.9 Å². The molecule has 112 valence electrons. The smallest absolute Gasteiger partial charge is 0.163 e. The number of carbonyl (C=O) groups is 4. The summed E-state index contributed by atoms with van der Waals surface area (Å²) in [5.74, 6) is -3.14. The van der Waals surface area contributed by atoms with Crippen LogP contribution in [0.5, 0.6) is 0 Å². The maximum atomic E-state index is 12.4. The van der Waals surface area contributed by atoms with Crippen molar-refractivity contribution in [1.29, 1.82) is 0 Å². The van der Waals surface area contributed by atoms with Crippen LogP contribution in [0.1, 0.15) is 41.0 Å². The second-order valence-corrected chi connectivity index (χ2v) is 7.32. The molecule has 0 aromatic rings. The Labute approximate surface area is 127 Å². The van der Waals surface area contributed by atoms with Crippen molar-refractivity contribution in [1.82, 2.24) is 0 Å². The molecule has 0 amide bonds. The monoisotopic (exact) mass is 344 g/mol. The molecule has 0 aromatic carbocycles. The van der Waals surface area contributed by atoms with E-state index in [9.17, 15) is 19.2 Å². The predicted octanol–water partition coefficient (Wildman–Crippen LogP) is 2.37. The molecular formula is C15H21BrO4. The van der Waals surface area contributed by atoms with Gasteiger partial charge in [0.05, 0.1) is 10.8 Å². The number of hydrogen-bond acceptors (Lipinski definition) is 4. The van der Waals surface area contributed by atoms with Crippen molar-refractivity contribution in [3.05, 3.63) is 0 Å². The molecule has 1 rings (SSSR count). The van der Waals surface area contributed by atoms with Gasteiger partial charge in [0.25, 0.3) is 0 Å². The van der Waals surface area contributed by atoms with E-state index in [4.69, 9.17) is 0 Å². The summed E-state index contributed by atoms with van der Waals surface area (Å²) in [4.78, 5) is 49.4. The summed E-state index contributed by atoms with van der Waals surface area (Å²) < 4.78 is 0. The molecular weight excluding hydrogens is 324 g/mol. The minimum absolute atomic E-state index is 0.0481. The van der Waals surface area contributed by atoms with E-state index < -0.39 is 34.1 Å². The summed E-state index contributed by atoms with van der Waals surface area (Å²) in [7, 11) is 0. The molecule has 1 aliphatic carbocycles. The van der Waals surface area contributed by atoms with Crippen LogP contribution in [0.4, 0.5) is 0 Å². The Hall–Kier alpha value is -0.840. The highest BCUT2D eigenvalue weighted by Gasteiger charge is 2.59. The first-order valence-electron chi connectivity index (χ1n) is 6.70. The molecule has 0 saturated heterocycles. The Balaban J connectivity index is 3.19. The largest absolute Gasteiger partial charge is 0.298 e. The van der Waals surface area contributed by atoms with Crippen LogP contribution < -0.4 is 0 Å². The molecule has 0 spiro atoms. The fourth-order valence-corrected chi connectivity index (χ4v) is 2.88. The highest BCUT2D eigenvalue weighted by atomic mass is 79.9. The topological polar surface area (TPSA) is 68.3 Å². The van der Waals surface area contributed by atoms with Gasteiger partial charge in [0, 0.05) is 11.8 Å². The molecule has 20 heavy (non-hydrogen) atoms. The second-order valence-electron chi connectivity index (χ2n) is 6.67. The normalized spacial score (nSPS) is 23.8. The Morgan fingerprint density at radius 2 is 1.50 bits per heavy atom. The Morgan fingerprint density at radius 3 is 1.85 bits per heavy atom. The first-order chi connectivity index (χ1) is 8.97. The van der Waals surface area contributed by atoms with Crippen molar-refractivity contribution < 1.29 is 19.2 Å². The third-order valence-electron chi connectivity index (χ3n) is 4.03. The summed E-state index contributed by atoms with van der Waals surface area (Å²) in [6.45, 7) is 7.87. The van der Waals surface area contributed by atoms with E-state index in [0.29, 0.717) is 5.33 Å². The fraction of sp³-hybridized carbons (Fsp3) is 0.733. The zero-order valence-corrected chi connectivity index (χ0v) is 14.2. The zero-order valence-electron chi connectivity index (χ0n) is 12.6. The van der Waals surface area contributed by atoms with Crippen LogP contribution in [0.3, 0.4) is 0 Å². The Bertz CT molecular complexity index is 446. The SMILES string of the molecule is CC(CBr)CC(=O)C1C(=O)C(C)(C)C(=O)C(C)(C)C1=O. The van der Waals surface area contributed by atoms with Gasteiger partial charge in [0.2, 0.25) is 0 Å². The van der Waals surface area contributed by atoms with E-state index in [1.165, 1.54) is 27.7 Å². The number of hydrogen-bond donors (Lipinski definition) is 0. The maximum absolute atomic E-state index is 12.4. The standard InChI is InChI=1S/C15H21BrO4/c1-8(7-16)6-9(17)10-11(18)14(2,3)13(20)15(4,5)12(10)19/h8,10H,6-7H2,1-5H3. The average Bonchev–Trinajstić information content (AvgIpc) is 2.35. The lowest BCUT2D eigenvalue weighted by atomic mass is 9.57. The minimum Gasteiger partial charge on any atom is -0.298 e. The van der Waals surface area contributed by atoms with Gasteiger partial charge in [-0.25, -0.2) is 0 Å². The van der Waals surface area contributed by atoms with Gasteiger partial charge in [-0.15, -0.1) is 0 Å². The first-order valence-corrected chi connectivity index (χ1v) is 7.82. The molecule has 4 nitrogen and oxygen atoms in total. The third-order valence-corrected chi connectivity index (χ3v) is 5.13. The highest BCUT2D eigenvalue weighted by molar-refractivity contribution is 9.09. The van der Waals surface area contributed by atoms with E-state index in [0.717, 1.165) is 0 Å². The number of Topliss-reactive ketones (excluding diaryl/α,β-unsaturated/α-hetero) is 4. The van der Waals surface area contributed by atoms with Crippen LogP contribution in [0.2, 0.25) is 0 Å². The van der Waals surface area contributed by atoms with Crippen LogP contribution in [-0.2, 0) is 19.2 Å². The van der Waals surface area contributed by atoms with Crippen molar-refractivity contribution in [2.45, 2.75) is 41.0 Å². The summed E-state index contributed by atoms with van der Waals surface area (Å²) >= 11 is 3.28. The maximum Gasteiger partial charge on any atom is 0.163 e. The number of carbonyl (C=O) groups excluding carboxylic acids is 4. The van der Waals surface area contributed by atoms with E-state index in [-0.39, 0.29) is 18.1 Å². The fourth-order valence-electron chi connectivity index (χ4n) is 2.65. The Morgan fingerprint density at radius 1 is 1.10 bits per heavy atom. The van der Waals surface area contributed by atoms with E-state index in [1.807, 2.05) is 6.92 Å². The minimum atomic E-state index is -1.29. The average molecular weight is 345 g/mol. The number of rotatable bonds is 4. The van der Waals surface area contributed by atoms with Gasteiger partial charge in [-0.2, -0.15) is 0 Å². The van der Waals surface area contributed by atoms with Gasteiger partial charge in [-0.05, 0) is 33.6 Å². The lowest BCUT2D eigenvalue weighted by molar-refractivity contribution is -0.161. The molecule has 0 bridgehead atoms. The molecule has 1 atom stereocenters. The van der Waals surface area contributed by atoms with Gasteiger partial charge in [0.1, 0.15) is 5.92 Å². The lowest BCUT2D eigenvalue weighted by Crippen LogP contribution is -2.59. The van der Waals surface area contributed by atoms with Crippen LogP contribution in [-0.4, -0.2) is 28.5 Å². The van der Waals surface area contributed by atoms with Crippen molar-refractivity contribution in [2.24, 2.45) is 22.7 Å². The predicted molar refractivity (Wildman–Crippen MR) is 78.7 cm³/mol. The van der Waals surface area contributed by atoms with Crippen molar-refractivity contribution in [3.8, 4) is 0 Å². The van der Waals surface area contributed by atoms with Gasteiger partial charge in [-0.3, -0.25) is 19.2 Å². The molecule has 0 N–H and O–H groups in total. The molecule has 5 heteroatoms. The number of alkyl halides is 1. The van der Waals surface area contributed by atoms with Crippen LogP contribution in [0, 0.1) is 22.7 Å². The first kappa shape index (κ1) is 17.2. The quantitative estimate of drug-likeness (QED) is 0.579. The van der Waals surface area contributed by atoms with E-state index in [1.54, 1.807) is 0 Å². The molecule has 1 fully saturated rings. The van der Waals surface area contributed by atoms with Gasteiger partial charge in [-0.1, -0.05) is 22.9 Å². The van der Waals surface area contributed by atoms with Crippen molar-refractivity contribution in [2.75, 3.05) is 5.33 Å². The lowest BCUT2D eigenvalue weighted by Gasteiger charge is -2.40. The summed E-state index contributed by atoms with van der Waals surface area (Å²) in [6, 6.07) is 0. The molecule has 0 heterocycles. The van der Waals surface area contributed by atoms with Gasteiger partial charge in [0.15, 0.2) is 23.1 Å². The van der Waals surface area contributed by atoms with Crippen LogP contribution in [0.25, 0.3) is 0 Å². The third kappa shape index (κ3) is 2.65. The molecule has 0 radical (unpaired) electrons. The van der Waals surface area contributed by atoms with Crippen molar-refractivity contribution in [3.63, 3.8) is 0 Å². The number of ketones is 4. The zero-order chi connectivity index (χ0) is 15.9.